The fourth-order valence-corrected chi connectivity index (χ4v) is 1.52. The number of aliphatic hydroxyl groups is 1. The Kier molecular flexibility index (Phi) is 5.74. The summed E-state index contributed by atoms with van der Waals surface area (Å²) in [5.74, 6) is 0.563. The molecule has 5 nitrogen and oxygen atoms in total. The van der Waals surface area contributed by atoms with Crippen molar-refractivity contribution in [2.45, 2.75) is 6.10 Å². The minimum atomic E-state index is -0.653. The van der Waals surface area contributed by atoms with Gasteiger partial charge in [0.25, 0.3) is 5.91 Å². The quantitative estimate of drug-likeness (QED) is 0.678. The summed E-state index contributed by atoms with van der Waals surface area (Å²) in [7, 11) is 3.11. The van der Waals surface area contributed by atoms with Crippen LogP contribution in [0.25, 0.3) is 0 Å². The third-order valence-electron chi connectivity index (χ3n) is 2.39. The number of rotatable bonds is 6. The topological polar surface area (TPSA) is 70.6 Å². The summed E-state index contributed by atoms with van der Waals surface area (Å²) in [6.45, 7) is 0.289. The average molecular weight is 273 g/mol. The van der Waals surface area contributed by atoms with Crippen molar-refractivity contribution in [3.63, 3.8) is 0 Å². The van der Waals surface area contributed by atoms with E-state index >= 15 is 0 Å². The lowest BCUT2D eigenvalue weighted by atomic mass is 10.1. The van der Waals surface area contributed by atoms with Crippen LogP contribution in [0.3, 0.4) is 0 Å². The largest absolute Gasteiger partial charge is 0.495 e. The highest BCUT2D eigenvalue weighted by Crippen LogP contribution is 2.25. The van der Waals surface area contributed by atoms with Crippen LogP contribution >= 0.6 is 11.6 Å². The maximum Gasteiger partial charge on any atom is 0.251 e. The van der Waals surface area contributed by atoms with Crippen LogP contribution in [0.5, 0.6) is 5.75 Å². The summed E-state index contributed by atoms with van der Waals surface area (Å²) in [4.78, 5) is 11.5. The van der Waals surface area contributed by atoms with Crippen LogP contribution in [0.15, 0.2) is 18.2 Å². The van der Waals surface area contributed by atoms with Crippen molar-refractivity contribution in [2.75, 3.05) is 31.9 Å². The van der Waals surface area contributed by atoms with Gasteiger partial charge in [0.05, 0.1) is 24.8 Å². The standard InChI is InChI=1S/C12H17ClN2O3/c1-14-12(17)8-3-4-11(18-2)10(5-8)15-7-9(16)6-13/h3-5,9,15-16H,6-7H2,1-2H3,(H,14,17). The molecule has 0 saturated heterocycles. The number of methoxy groups -OCH3 is 1. The number of hydrogen-bond acceptors (Lipinski definition) is 4. The predicted molar refractivity (Wildman–Crippen MR) is 71.6 cm³/mol. The Labute approximate surface area is 111 Å². The molecule has 1 amide bonds. The number of hydrogen-bond donors (Lipinski definition) is 3. The first-order chi connectivity index (χ1) is 8.62. The highest BCUT2D eigenvalue weighted by molar-refractivity contribution is 6.18. The molecular weight excluding hydrogens is 256 g/mol. The molecule has 0 fully saturated rings. The summed E-state index contributed by atoms with van der Waals surface area (Å²) < 4.78 is 5.17. The molecule has 0 aliphatic heterocycles. The maximum atomic E-state index is 11.5. The van der Waals surface area contributed by atoms with E-state index in [2.05, 4.69) is 10.6 Å². The molecule has 1 aromatic carbocycles. The zero-order valence-electron chi connectivity index (χ0n) is 10.4. The molecule has 0 heterocycles. The molecule has 18 heavy (non-hydrogen) atoms. The minimum absolute atomic E-state index is 0.143. The van der Waals surface area contributed by atoms with Crippen LogP contribution in [-0.2, 0) is 0 Å². The second-order valence-electron chi connectivity index (χ2n) is 3.68. The number of anilines is 1. The smallest absolute Gasteiger partial charge is 0.251 e. The van der Waals surface area contributed by atoms with E-state index in [0.29, 0.717) is 17.0 Å². The minimum Gasteiger partial charge on any atom is -0.495 e. The number of carbonyl (C=O) groups is 1. The monoisotopic (exact) mass is 272 g/mol. The van der Waals surface area contributed by atoms with Crippen LogP contribution in [0, 0.1) is 0 Å². The molecule has 100 valence electrons. The number of nitrogens with one attached hydrogen (secondary N) is 2. The van der Waals surface area contributed by atoms with Crippen molar-refractivity contribution in [1.82, 2.24) is 5.32 Å². The van der Waals surface area contributed by atoms with Gasteiger partial charge in [0, 0.05) is 19.2 Å². The molecular formula is C12H17ClN2O3. The van der Waals surface area contributed by atoms with Gasteiger partial charge in [0.15, 0.2) is 0 Å². The van der Waals surface area contributed by atoms with E-state index in [9.17, 15) is 9.90 Å². The molecule has 0 aromatic heterocycles. The Morgan fingerprint density at radius 3 is 2.83 bits per heavy atom. The third kappa shape index (κ3) is 3.78. The number of carbonyl (C=O) groups excluding carboxylic acids is 1. The van der Waals surface area contributed by atoms with Crippen LogP contribution in [0.2, 0.25) is 0 Å². The zero-order valence-corrected chi connectivity index (χ0v) is 11.1. The van der Waals surface area contributed by atoms with Gasteiger partial charge in [-0.25, -0.2) is 0 Å². The van der Waals surface area contributed by atoms with Crippen molar-refractivity contribution < 1.29 is 14.6 Å². The molecule has 0 spiro atoms. The summed E-state index contributed by atoms with van der Waals surface area (Å²) in [5.41, 5.74) is 1.16. The predicted octanol–water partition coefficient (Wildman–Crippen LogP) is 1.07. The number of alkyl halides is 1. The average Bonchev–Trinajstić information content (AvgIpc) is 2.43. The first-order valence-corrected chi connectivity index (χ1v) is 6.03. The van der Waals surface area contributed by atoms with Gasteiger partial charge in [0.2, 0.25) is 0 Å². The van der Waals surface area contributed by atoms with Gasteiger partial charge in [-0.3, -0.25) is 4.79 Å². The second-order valence-corrected chi connectivity index (χ2v) is 3.99. The van der Waals surface area contributed by atoms with Crippen LogP contribution in [-0.4, -0.2) is 43.7 Å². The Bertz CT molecular complexity index is 412. The van der Waals surface area contributed by atoms with E-state index in [1.54, 1.807) is 25.2 Å². The summed E-state index contributed by atoms with van der Waals surface area (Å²) in [6.07, 6.45) is -0.653. The SMILES string of the molecule is CNC(=O)c1ccc(OC)c(NCC(O)CCl)c1. The lowest BCUT2D eigenvalue weighted by Crippen LogP contribution is -2.22. The molecule has 1 atom stereocenters. The maximum absolute atomic E-state index is 11.5. The van der Waals surface area contributed by atoms with E-state index in [1.807, 2.05) is 0 Å². The van der Waals surface area contributed by atoms with Gasteiger partial charge < -0.3 is 20.5 Å². The zero-order chi connectivity index (χ0) is 13.5. The Hall–Kier alpha value is -1.46. The van der Waals surface area contributed by atoms with Gasteiger partial charge in [-0.15, -0.1) is 11.6 Å². The Balaban J connectivity index is 2.88. The summed E-state index contributed by atoms with van der Waals surface area (Å²) in [6, 6.07) is 5.03. The van der Waals surface area contributed by atoms with Crippen LogP contribution in [0.4, 0.5) is 5.69 Å². The van der Waals surface area contributed by atoms with E-state index in [0.717, 1.165) is 0 Å². The molecule has 0 radical (unpaired) electrons. The van der Waals surface area contributed by atoms with E-state index in [1.165, 1.54) is 7.11 Å². The molecule has 3 N–H and O–H groups in total. The van der Waals surface area contributed by atoms with E-state index < -0.39 is 6.10 Å². The lowest BCUT2D eigenvalue weighted by Gasteiger charge is -2.14. The fourth-order valence-electron chi connectivity index (χ4n) is 1.41. The number of halogens is 1. The number of ether oxygens (including phenoxy) is 1. The van der Waals surface area contributed by atoms with Crippen molar-refractivity contribution in [1.29, 1.82) is 0 Å². The van der Waals surface area contributed by atoms with Gasteiger partial charge in [0.1, 0.15) is 5.75 Å². The molecule has 1 aromatic rings. The summed E-state index contributed by atoms with van der Waals surface area (Å²) >= 11 is 5.51. The summed E-state index contributed by atoms with van der Waals surface area (Å²) in [5, 5.41) is 14.9. The fraction of sp³-hybridized carbons (Fsp3) is 0.417. The van der Waals surface area contributed by atoms with Gasteiger partial charge in [-0.1, -0.05) is 0 Å². The molecule has 0 bridgehead atoms. The Morgan fingerprint density at radius 2 is 2.28 bits per heavy atom. The first kappa shape index (κ1) is 14.6. The molecule has 0 aliphatic carbocycles. The molecule has 0 aliphatic rings. The van der Waals surface area contributed by atoms with Gasteiger partial charge in [-0.05, 0) is 18.2 Å². The third-order valence-corrected chi connectivity index (χ3v) is 2.75. The normalized spacial score (nSPS) is 11.8. The van der Waals surface area contributed by atoms with Crippen LogP contribution in [0.1, 0.15) is 10.4 Å². The number of amides is 1. The van der Waals surface area contributed by atoms with Crippen molar-refractivity contribution in [2.24, 2.45) is 0 Å². The van der Waals surface area contributed by atoms with Crippen molar-refractivity contribution in [3.8, 4) is 5.75 Å². The molecule has 1 unspecified atom stereocenters. The highest BCUT2D eigenvalue weighted by atomic mass is 35.5. The van der Waals surface area contributed by atoms with E-state index in [4.69, 9.17) is 16.3 Å². The van der Waals surface area contributed by atoms with E-state index in [-0.39, 0.29) is 18.3 Å². The van der Waals surface area contributed by atoms with Crippen LogP contribution < -0.4 is 15.4 Å². The lowest BCUT2D eigenvalue weighted by molar-refractivity contribution is 0.0963. The Morgan fingerprint density at radius 1 is 1.56 bits per heavy atom. The van der Waals surface area contributed by atoms with Gasteiger partial charge >= 0.3 is 0 Å². The molecule has 0 saturated carbocycles. The van der Waals surface area contributed by atoms with Crippen molar-refractivity contribution >= 4 is 23.2 Å². The van der Waals surface area contributed by atoms with Crippen molar-refractivity contribution in [3.05, 3.63) is 23.8 Å². The molecule has 6 heteroatoms. The van der Waals surface area contributed by atoms with Gasteiger partial charge in [-0.2, -0.15) is 0 Å². The second kappa shape index (κ2) is 7.08. The first-order valence-electron chi connectivity index (χ1n) is 5.50. The molecule has 1 rings (SSSR count). The highest BCUT2D eigenvalue weighted by Gasteiger charge is 2.10. The number of benzene rings is 1. The number of aliphatic hydroxyl groups excluding tert-OH is 1.